The van der Waals surface area contributed by atoms with E-state index in [1.54, 1.807) is 49.6 Å². The third-order valence-electron chi connectivity index (χ3n) is 4.89. The van der Waals surface area contributed by atoms with Gasteiger partial charge in [-0.1, -0.05) is 12.1 Å². The van der Waals surface area contributed by atoms with Crippen molar-refractivity contribution in [3.05, 3.63) is 95.6 Å². The van der Waals surface area contributed by atoms with Gasteiger partial charge in [0.15, 0.2) is 11.6 Å². The minimum absolute atomic E-state index is 0.0271. The third kappa shape index (κ3) is 4.85. The molecule has 2 heterocycles. The molecule has 0 aliphatic rings. The van der Waals surface area contributed by atoms with Crippen molar-refractivity contribution in [3.63, 3.8) is 0 Å². The van der Waals surface area contributed by atoms with Gasteiger partial charge in [0.05, 0.1) is 24.2 Å². The highest BCUT2D eigenvalue weighted by Gasteiger charge is 2.21. The molecule has 0 saturated carbocycles. The minimum Gasteiger partial charge on any atom is -0.467 e. The van der Waals surface area contributed by atoms with Crippen molar-refractivity contribution >= 4 is 5.91 Å². The lowest BCUT2D eigenvalue weighted by atomic mass is 10.1. The molecule has 0 saturated heterocycles. The second kappa shape index (κ2) is 9.47. The number of hydrogen-bond donors (Lipinski definition) is 1. The Morgan fingerprint density at radius 1 is 1.09 bits per heavy atom. The lowest BCUT2D eigenvalue weighted by Crippen LogP contribution is -2.22. The maximum atomic E-state index is 14.3. The van der Waals surface area contributed by atoms with Crippen LogP contribution in [0.15, 0.2) is 71.3 Å². The zero-order valence-corrected chi connectivity index (χ0v) is 17.3. The van der Waals surface area contributed by atoms with Gasteiger partial charge in [-0.3, -0.25) is 4.79 Å². The Kier molecular flexibility index (Phi) is 6.30. The van der Waals surface area contributed by atoms with Crippen LogP contribution in [-0.4, -0.2) is 15.7 Å². The highest BCUT2D eigenvalue weighted by atomic mass is 19.1. The molecule has 8 heteroatoms. The van der Waals surface area contributed by atoms with Crippen LogP contribution in [0.25, 0.3) is 5.69 Å². The van der Waals surface area contributed by atoms with E-state index in [0.717, 1.165) is 0 Å². The van der Waals surface area contributed by atoms with Crippen molar-refractivity contribution in [3.8, 4) is 17.3 Å². The quantitative estimate of drug-likeness (QED) is 0.417. The summed E-state index contributed by atoms with van der Waals surface area (Å²) < 4.78 is 40.3. The topological polar surface area (TPSA) is 69.3 Å². The van der Waals surface area contributed by atoms with Gasteiger partial charge >= 0.3 is 0 Å². The van der Waals surface area contributed by atoms with Crippen LogP contribution in [-0.2, 0) is 17.8 Å². The van der Waals surface area contributed by atoms with Gasteiger partial charge in [-0.05, 0) is 61.9 Å². The van der Waals surface area contributed by atoms with E-state index >= 15 is 0 Å². The van der Waals surface area contributed by atoms with Crippen LogP contribution in [0.1, 0.15) is 23.4 Å². The van der Waals surface area contributed by atoms with E-state index in [4.69, 9.17) is 9.15 Å². The van der Waals surface area contributed by atoms with Gasteiger partial charge in [0.25, 0.3) is 0 Å². The van der Waals surface area contributed by atoms with Crippen LogP contribution in [0.2, 0.25) is 0 Å². The summed E-state index contributed by atoms with van der Waals surface area (Å²) in [4.78, 5) is 12.3. The van der Waals surface area contributed by atoms with E-state index in [1.165, 1.54) is 28.9 Å². The third-order valence-corrected chi connectivity index (χ3v) is 4.89. The van der Waals surface area contributed by atoms with Crippen LogP contribution in [0, 0.1) is 18.6 Å². The molecule has 2 aromatic heterocycles. The summed E-state index contributed by atoms with van der Waals surface area (Å²) in [7, 11) is 0. The first kappa shape index (κ1) is 21.3. The smallest absolute Gasteiger partial charge is 0.226 e. The number of carbonyl (C=O) groups is 1. The summed E-state index contributed by atoms with van der Waals surface area (Å²) in [6.07, 6.45) is 2.03. The molecule has 4 aromatic rings. The van der Waals surface area contributed by atoms with E-state index in [-0.39, 0.29) is 36.3 Å². The Labute approximate surface area is 183 Å². The highest BCUT2D eigenvalue weighted by Crippen LogP contribution is 2.32. The first-order valence-electron chi connectivity index (χ1n) is 10.1. The molecule has 0 unspecified atom stereocenters. The molecule has 2 aromatic carbocycles. The molecule has 164 valence electrons. The molecule has 0 bridgehead atoms. The van der Waals surface area contributed by atoms with Gasteiger partial charge in [-0.25, -0.2) is 13.5 Å². The molecule has 1 N–H and O–H groups in total. The van der Waals surface area contributed by atoms with Crippen LogP contribution in [0.5, 0.6) is 11.6 Å². The first-order chi connectivity index (χ1) is 15.5. The number of halogens is 2. The predicted molar refractivity (Wildman–Crippen MR) is 114 cm³/mol. The summed E-state index contributed by atoms with van der Waals surface area (Å²) in [5, 5.41) is 7.30. The summed E-state index contributed by atoms with van der Waals surface area (Å²) >= 11 is 0. The Morgan fingerprint density at radius 3 is 2.59 bits per heavy atom. The van der Waals surface area contributed by atoms with Gasteiger partial charge in [0.2, 0.25) is 11.8 Å². The van der Waals surface area contributed by atoms with E-state index < -0.39 is 5.82 Å². The van der Waals surface area contributed by atoms with Crippen LogP contribution in [0.4, 0.5) is 8.78 Å². The Morgan fingerprint density at radius 2 is 1.88 bits per heavy atom. The molecule has 6 nitrogen and oxygen atoms in total. The number of nitrogens with zero attached hydrogens (tertiary/aromatic N) is 2. The number of aryl methyl sites for hydroxylation is 1. The van der Waals surface area contributed by atoms with Crippen LogP contribution < -0.4 is 10.1 Å². The summed E-state index contributed by atoms with van der Waals surface area (Å²) in [6.45, 7) is 2.07. The number of ether oxygens (including phenoxy) is 1. The van der Waals surface area contributed by atoms with E-state index in [9.17, 15) is 13.6 Å². The van der Waals surface area contributed by atoms with Crippen molar-refractivity contribution in [2.24, 2.45) is 0 Å². The van der Waals surface area contributed by atoms with E-state index in [1.807, 2.05) is 0 Å². The molecule has 0 radical (unpaired) electrons. The first-order valence-corrected chi connectivity index (χ1v) is 10.1. The number of amides is 1. The summed E-state index contributed by atoms with van der Waals surface area (Å²) in [5.41, 5.74) is 1.83. The number of nitrogens with one attached hydrogen (secondary N) is 1. The fourth-order valence-corrected chi connectivity index (χ4v) is 3.25. The molecular formula is C24H21F2N3O3. The fourth-order valence-electron chi connectivity index (χ4n) is 3.25. The molecule has 0 fully saturated rings. The SMILES string of the molecule is Cc1nn(-c2ccc(F)cc2)c(Oc2ccccc2F)c1CCC(=O)NCc1ccco1. The normalized spacial score (nSPS) is 10.8. The molecule has 32 heavy (non-hydrogen) atoms. The average Bonchev–Trinajstić information content (AvgIpc) is 3.41. The van der Waals surface area contributed by atoms with Crippen LogP contribution in [0.3, 0.4) is 0 Å². The van der Waals surface area contributed by atoms with Gasteiger partial charge in [0, 0.05) is 12.0 Å². The molecule has 0 aliphatic carbocycles. The average molecular weight is 437 g/mol. The molecule has 0 atom stereocenters. The number of rotatable bonds is 8. The number of hydrogen-bond acceptors (Lipinski definition) is 4. The predicted octanol–water partition coefficient (Wildman–Crippen LogP) is 5.09. The zero-order chi connectivity index (χ0) is 22.5. The maximum absolute atomic E-state index is 14.3. The highest BCUT2D eigenvalue weighted by molar-refractivity contribution is 5.76. The van der Waals surface area contributed by atoms with Crippen molar-refractivity contribution in [2.75, 3.05) is 0 Å². The maximum Gasteiger partial charge on any atom is 0.226 e. The second-order valence-corrected chi connectivity index (χ2v) is 7.15. The Bertz CT molecular complexity index is 1200. The lowest BCUT2D eigenvalue weighted by Gasteiger charge is -2.12. The number of para-hydroxylation sites is 1. The van der Waals surface area contributed by atoms with Gasteiger partial charge in [-0.15, -0.1) is 0 Å². The molecule has 1 amide bonds. The largest absolute Gasteiger partial charge is 0.467 e. The van der Waals surface area contributed by atoms with Gasteiger partial charge in [-0.2, -0.15) is 5.10 Å². The number of furan rings is 1. The second-order valence-electron chi connectivity index (χ2n) is 7.15. The zero-order valence-electron chi connectivity index (χ0n) is 17.3. The molecular weight excluding hydrogens is 416 g/mol. The number of carbonyl (C=O) groups excluding carboxylic acids is 1. The van der Waals surface area contributed by atoms with E-state index in [0.29, 0.717) is 29.1 Å². The monoisotopic (exact) mass is 437 g/mol. The molecule has 0 spiro atoms. The Balaban J connectivity index is 1.59. The van der Waals surface area contributed by atoms with Gasteiger partial charge in [0.1, 0.15) is 11.6 Å². The lowest BCUT2D eigenvalue weighted by molar-refractivity contribution is -0.121. The standard InChI is InChI=1S/C24H21F2N3O3/c1-16-20(12-13-23(30)27-15-19-5-4-14-31-19)24(32-22-7-3-2-6-21(22)26)29(28-16)18-10-8-17(25)9-11-18/h2-11,14H,12-13,15H2,1H3,(H,27,30). The molecule has 0 aliphatic heterocycles. The summed E-state index contributed by atoms with van der Waals surface area (Å²) in [6, 6.07) is 15.3. The van der Waals surface area contributed by atoms with Crippen molar-refractivity contribution < 1.29 is 22.7 Å². The fraction of sp³-hybridized carbons (Fsp3) is 0.167. The van der Waals surface area contributed by atoms with Crippen molar-refractivity contribution in [1.82, 2.24) is 15.1 Å². The van der Waals surface area contributed by atoms with Crippen LogP contribution >= 0.6 is 0 Å². The van der Waals surface area contributed by atoms with Crippen molar-refractivity contribution in [1.29, 1.82) is 0 Å². The van der Waals surface area contributed by atoms with E-state index in [2.05, 4.69) is 10.4 Å². The Hall–Kier alpha value is -3.94. The number of benzene rings is 2. The molecule has 4 rings (SSSR count). The van der Waals surface area contributed by atoms with Gasteiger partial charge < -0.3 is 14.5 Å². The number of aromatic nitrogens is 2. The summed E-state index contributed by atoms with van der Waals surface area (Å²) in [5.74, 6) is -0.131. The van der Waals surface area contributed by atoms with Crippen molar-refractivity contribution in [2.45, 2.75) is 26.3 Å². The minimum atomic E-state index is -0.529.